The summed E-state index contributed by atoms with van der Waals surface area (Å²) in [5.41, 5.74) is 1.57. The molecule has 5 rings (SSSR count). The summed E-state index contributed by atoms with van der Waals surface area (Å²) in [6.07, 6.45) is 5.85. The zero-order chi connectivity index (χ0) is 20.7. The lowest BCUT2D eigenvalue weighted by Gasteiger charge is -2.50. The van der Waals surface area contributed by atoms with Crippen molar-refractivity contribution in [2.45, 2.75) is 19.4 Å². The van der Waals surface area contributed by atoms with Gasteiger partial charge >= 0.3 is 0 Å². The minimum atomic E-state index is -0.160. The third-order valence-corrected chi connectivity index (χ3v) is 6.77. The molecule has 0 radical (unpaired) electrons. The van der Waals surface area contributed by atoms with Gasteiger partial charge in [-0.3, -0.25) is 14.5 Å². The number of aromatic nitrogens is 2. The molecule has 30 heavy (non-hydrogen) atoms. The number of hydrogen-bond acceptors (Lipinski definition) is 4. The Kier molecular flexibility index (Phi) is 4.85. The number of nitrogens with zero attached hydrogens (tertiary/aromatic N) is 4. The van der Waals surface area contributed by atoms with Crippen LogP contribution < -0.4 is 5.32 Å². The number of aryl methyl sites for hydroxylation is 1. The van der Waals surface area contributed by atoms with Gasteiger partial charge in [-0.2, -0.15) is 0 Å². The number of carbonyl (C=O) groups excluding carboxylic acids is 2. The van der Waals surface area contributed by atoms with Crippen LogP contribution in [-0.4, -0.2) is 63.9 Å². The highest BCUT2D eigenvalue weighted by Crippen LogP contribution is 2.45. The minimum absolute atomic E-state index is 0.0418. The first-order valence-electron chi connectivity index (χ1n) is 10.8. The Labute approximate surface area is 177 Å². The van der Waals surface area contributed by atoms with Gasteiger partial charge in [0, 0.05) is 57.9 Å². The van der Waals surface area contributed by atoms with Gasteiger partial charge in [-0.25, -0.2) is 4.98 Å². The molecule has 3 aliphatic rings. The van der Waals surface area contributed by atoms with Crippen molar-refractivity contribution in [3.8, 4) is 0 Å². The number of imidazole rings is 1. The molecule has 7 heteroatoms. The average Bonchev–Trinajstić information content (AvgIpc) is 3.32. The predicted octanol–water partition coefficient (Wildman–Crippen LogP) is 1.52. The van der Waals surface area contributed by atoms with Crippen molar-refractivity contribution in [1.29, 1.82) is 0 Å². The second-order valence-corrected chi connectivity index (χ2v) is 9.34. The summed E-state index contributed by atoms with van der Waals surface area (Å²) in [6, 6.07) is 10.4. The Morgan fingerprint density at radius 3 is 2.60 bits per heavy atom. The van der Waals surface area contributed by atoms with Crippen LogP contribution in [-0.2, 0) is 18.4 Å². The molecule has 1 unspecified atom stereocenters. The molecule has 3 heterocycles. The van der Waals surface area contributed by atoms with Crippen molar-refractivity contribution in [2.75, 3.05) is 32.7 Å². The van der Waals surface area contributed by atoms with Gasteiger partial charge in [-0.15, -0.1) is 0 Å². The highest BCUT2D eigenvalue weighted by molar-refractivity contribution is 5.93. The molecule has 7 nitrogen and oxygen atoms in total. The molecular formula is C23H29N5O2. The van der Waals surface area contributed by atoms with Gasteiger partial charge in [0.1, 0.15) is 5.69 Å². The number of hydrogen-bond donors (Lipinski definition) is 1. The molecule has 1 saturated carbocycles. The quantitative estimate of drug-likeness (QED) is 0.788. The minimum Gasteiger partial charge on any atom is -0.356 e. The first-order chi connectivity index (χ1) is 14.5. The molecule has 0 bridgehead atoms. The van der Waals surface area contributed by atoms with Gasteiger partial charge in [0.15, 0.2) is 0 Å². The Bertz CT molecular complexity index is 930. The Hall–Kier alpha value is -2.67. The summed E-state index contributed by atoms with van der Waals surface area (Å²) in [5, 5.41) is 3.19. The van der Waals surface area contributed by atoms with E-state index in [1.165, 1.54) is 18.4 Å². The number of carbonyl (C=O) groups is 2. The monoisotopic (exact) mass is 407 g/mol. The number of benzene rings is 1. The lowest BCUT2D eigenvalue weighted by molar-refractivity contribution is -0.131. The molecule has 1 aromatic heterocycles. The number of rotatable bonds is 6. The fraction of sp³-hybridized carbons (Fsp3) is 0.522. The second kappa shape index (κ2) is 7.54. The molecule has 2 aromatic rings. The fourth-order valence-corrected chi connectivity index (χ4v) is 4.95. The van der Waals surface area contributed by atoms with Crippen LogP contribution in [0, 0.1) is 17.3 Å². The van der Waals surface area contributed by atoms with E-state index in [9.17, 15) is 9.59 Å². The Balaban J connectivity index is 1.29. The fourth-order valence-electron chi connectivity index (χ4n) is 4.95. The van der Waals surface area contributed by atoms with E-state index in [-0.39, 0.29) is 23.1 Å². The van der Waals surface area contributed by atoms with Crippen LogP contribution >= 0.6 is 0 Å². The Morgan fingerprint density at radius 1 is 1.17 bits per heavy atom. The van der Waals surface area contributed by atoms with E-state index in [4.69, 9.17) is 0 Å². The molecule has 3 fully saturated rings. The molecule has 2 amide bonds. The molecule has 158 valence electrons. The van der Waals surface area contributed by atoms with Gasteiger partial charge in [-0.05, 0) is 24.3 Å². The standard InChI is InChI=1S/C23H29N5O2/c1-26-12-20(25-16-26)22(30)28-14-23(15-28)13-27(10-18-5-3-2-4-6-18)11-19(23)21(29)24-9-17-7-8-17/h2-6,12,16-17,19H,7-11,13-15H2,1H3,(H,24,29). The third-order valence-electron chi connectivity index (χ3n) is 6.77. The zero-order valence-electron chi connectivity index (χ0n) is 17.5. The smallest absolute Gasteiger partial charge is 0.274 e. The lowest BCUT2D eigenvalue weighted by Crippen LogP contribution is -2.64. The number of amides is 2. The van der Waals surface area contributed by atoms with E-state index in [0.29, 0.717) is 24.7 Å². The summed E-state index contributed by atoms with van der Waals surface area (Å²) in [5.74, 6) is 0.699. The van der Waals surface area contributed by atoms with Crippen molar-refractivity contribution < 1.29 is 9.59 Å². The zero-order valence-corrected chi connectivity index (χ0v) is 17.5. The number of likely N-dealkylation sites (tertiary alicyclic amines) is 2. The topological polar surface area (TPSA) is 70.5 Å². The van der Waals surface area contributed by atoms with Crippen LogP contribution in [0.4, 0.5) is 0 Å². The highest BCUT2D eigenvalue weighted by Gasteiger charge is 2.57. The maximum atomic E-state index is 13.1. The first-order valence-corrected chi connectivity index (χ1v) is 10.8. The van der Waals surface area contributed by atoms with E-state index in [1.807, 2.05) is 18.0 Å². The van der Waals surface area contributed by atoms with Crippen LogP contribution in [0.25, 0.3) is 0 Å². The van der Waals surface area contributed by atoms with Crippen molar-refractivity contribution in [3.05, 3.63) is 54.1 Å². The van der Waals surface area contributed by atoms with Gasteiger partial charge in [0.2, 0.25) is 5.91 Å². The maximum Gasteiger partial charge on any atom is 0.274 e. The van der Waals surface area contributed by atoms with E-state index >= 15 is 0 Å². The first kappa shape index (κ1) is 19.3. The van der Waals surface area contributed by atoms with Gasteiger partial charge in [0.05, 0.1) is 12.2 Å². The van der Waals surface area contributed by atoms with E-state index in [0.717, 1.165) is 26.2 Å². The van der Waals surface area contributed by atoms with Crippen LogP contribution in [0.1, 0.15) is 28.9 Å². The van der Waals surface area contributed by atoms with Crippen LogP contribution in [0.15, 0.2) is 42.9 Å². The third kappa shape index (κ3) is 3.74. The summed E-state index contributed by atoms with van der Waals surface area (Å²) >= 11 is 0. The van der Waals surface area contributed by atoms with Crippen LogP contribution in [0.2, 0.25) is 0 Å². The lowest BCUT2D eigenvalue weighted by atomic mass is 9.71. The van der Waals surface area contributed by atoms with E-state index in [1.54, 1.807) is 17.1 Å². The van der Waals surface area contributed by atoms with Crippen molar-refractivity contribution in [2.24, 2.45) is 24.3 Å². The summed E-state index contributed by atoms with van der Waals surface area (Å²) in [4.78, 5) is 34.3. The van der Waals surface area contributed by atoms with Crippen molar-refractivity contribution in [3.63, 3.8) is 0 Å². The largest absolute Gasteiger partial charge is 0.356 e. The normalized spacial score (nSPS) is 22.8. The molecule has 1 N–H and O–H groups in total. The van der Waals surface area contributed by atoms with Gasteiger partial charge in [-0.1, -0.05) is 30.3 Å². The van der Waals surface area contributed by atoms with Gasteiger partial charge in [0.25, 0.3) is 5.91 Å². The summed E-state index contributed by atoms with van der Waals surface area (Å²) < 4.78 is 1.79. The average molecular weight is 408 g/mol. The molecular weight excluding hydrogens is 378 g/mol. The molecule has 1 aliphatic carbocycles. The van der Waals surface area contributed by atoms with Crippen LogP contribution in [0.3, 0.4) is 0 Å². The predicted molar refractivity (Wildman–Crippen MR) is 112 cm³/mol. The molecule has 2 saturated heterocycles. The van der Waals surface area contributed by atoms with Crippen molar-refractivity contribution >= 4 is 11.8 Å². The van der Waals surface area contributed by atoms with E-state index < -0.39 is 0 Å². The van der Waals surface area contributed by atoms with Gasteiger partial charge < -0.3 is 14.8 Å². The Morgan fingerprint density at radius 2 is 1.93 bits per heavy atom. The highest BCUT2D eigenvalue weighted by atomic mass is 16.2. The summed E-state index contributed by atoms with van der Waals surface area (Å²) in [6.45, 7) is 4.46. The number of nitrogens with one attached hydrogen (secondary N) is 1. The van der Waals surface area contributed by atoms with E-state index in [2.05, 4.69) is 39.5 Å². The van der Waals surface area contributed by atoms with Crippen molar-refractivity contribution in [1.82, 2.24) is 24.7 Å². The summed E-state index contributed by atoms with van der Waals surface area (Å²) in [7, 11) is 1.86. The molecule has 1 aromatic carbocycles. The SMILES string of the molecule is Cn1cnc(C(=O)N2CC3(CN(Cc4ccccc4)CC3C(=O)NCC3CC3)C2)c1. The maximum absolute atomic E-state index is 13.1. The molecule has 2 aliphatic heterocycles. The second-order valence-electron chi connectivity index (χ2n) is 9.34. The molecule has 1 spiro atoms. The van der Waals surface area contributed by atoms with Crippen LogP contribution in [0.5, 0.6) is 0 Å². The molecule has 1 atom stereocenters.